The van der Waals surface area contributed by atoms with E-state index in [-0.39, 0.29) is 12.0 Å². The maximum Gasteiger partial charge on any atom is 0.0629 e. The highest BCUT2D eigenvalue weighted by molar-refractivity contribution is 5.40. The molecule has 1 rings (SSSR count). The van der Waals surface area contributed by atoms with Gasteiger partial charge in [-0.3, -0.25) is 0 Å². The van der Waals surface area contributed by atoms with Crippen molar-refractivity contribution in [3.8, 4) is 0 Å². The van der Waals surface area contributed by atoms with E-state index in [2.05, 4.69) is 53.7 Å². The van der Waals surface area contributed by atoms with E-state index < -0.39 is 0 Å². The lowest BCUT2D eigenvalue weighted by Gasteiger charge is -2.26. The molecule has 0 spiro atoms. The van der Waals surface area contributed by atoms with Gasteiger partial charge in [0, 0.05) is 5.92 Å². The molecule has 0 saturated carbocycles. The first-order chi connectivity index (χ1) is 7.34. The van der Waals surface area contributed by atoms with Crippen molar-refractivity contribution < 1.29 is 5.11 Å². The van der Waals surface area contributed by atoms with Gasteiger partial charge in [-0.1, -0.05) is 38.5 Å². The molecule has 1 heteroatoms. The fourth-order valence-corrected chi connectivity index (χ4v) is 2.66. The van der Waals surface area contributed by atoms with Crippen LogP contribution in [-0.4, -0.2) is 11.2 Å². The maximum atomic E-state index is 10.2. The van der Waals surface area contributed by atoms with Crippen LogP contribution in [0.2, 0.25) is 0 Å². The molecule has 0 fully saturated rings. The third-order valence-electron chi connectivity index (χ3n) is 3.39. The molecular formula is C15H24O. The van der Waals surface area contributed by atoms with E-state index >= 15 is 0 Å². The van der Waals surface area contributed by atoms with Crippen molar-refractivity contribution >= 4 is 0 Å². The second kappa shape index (κ2) is 5.01. The van der Waals surface area contributed by atoms with Crippen LogP contribution >= 0.6 is 0 Å². The second-order valence-corrected chi connectivity index (χ2v) is 5.34. The molecule has 0 saturated heterocycles. The smallest absolute Gasteiger partial charge is 0.0629 e. The number of aryl methyl sites for hydroxylation is 3. The SMILES string of the molecule is Cc1cc(C)c(C(C)C(O)C(C)C)c(C)c1. The summed E-state index contributed by atoms with van der Waals surface area (Å²) < 4.78 is 0. The van der Waals surface area contributed by atoms with Crippen LogP contribution in [0.25, 0.3) is 0 Å². The van der Waals surface area contributed by atoms with Crippen LogP contribution in [0.3, 0.4) is 0 Å². The summed E-state index contributed by atoms with van der Waals surface area (Å²) in [5, 5.41) is 10.2. The first-order valence-corrected chi connectivity index (χ1v) is 6.10. The molecule has 0 aliphatic rings. The molecule has 2 unspecified atom stereocenters. The van der Waals surface area contributed by atoms with Gasteiger partial charge in [-0.25, -0.2) is 0 Å². The summed E-state index contributed by atoms with van der Waals surface area (Å²) in [6.45, 7) is 12.7. The van der Waals surface area contributed by atoms with Crippen LogP contribution in [0, 0.1) is 26.7 Å². The zero-order valence-electron chi connectivity index (χ0n) is 11.3. The zero-order valence-corrected chi connectivity index (χ0v) is 11.3. The lowest BCUT2D eigenvalue weighted by atomic mass is 9.83. The van der Waals surface area contributed by atoms with Crippen molar-refractivity contribution in [2.24, 2.45) is 5.92 Å². The molecule has 2 atom stereocenters. The molecule has 0 radical (unpaired) electrons. The fraction of sp³-hybridized carbons (Fsp3) is 0.600. The Kier molecular flexibility index (Phi) is 4.15. The van der Waals surface area contributed by atoms with Crippen molar-refractivity contribution in [1.82, 2.24) is 0 Å². The predicted octanol–water partition coefficient (Wildman–Crippen LogP) is 3.73. The summed E-state index contributed by atoms with van der Waals surface area (Å²) in [6, 6.07) is 4.40. The monoisotopic (exact) mass is 220 g/mol. The highest BCUT2D eigenvalue weighted by Gasteiger charge is 2.22. The Morgan fingerprint density at radius 3 is 1.75 bits per heavy atom. The molecule has 0 aliphatic carbocycles. The Bertz CT molecular complexity index is 343. The van der Waals surface area contributed by atoms with Gasteiger partial charge >= 0.3 is 0 Å². The van der Waals surface area contributed by atoms with Gasteiger partial charge in [0.15, 0.2) is 0 Å². The number of hydrogen-bond donors (Lipinski definition) is 1. The Labute approximate surface area is 99.5 Å². The molecule has 1 aromatic rings. The summed E-state index contributed by atoms with van der Waals surface area (Å²) in [5.41, 5.74) is 5.20. The lowest BCUT2D eigenvalue weighted by molar-refractivity contribution is 0.102. The van der Waals surface area contributed by atoms with Crippen LogP contribution in [0.4, 0.5) is 0 Å². The normalized spacial score (nSPS) is 15.2. The molecule has 90 valence electrons. The molecule has 0 aliphatic heterocycles. The third kappa shape index (κ3) is 2.65. The second-order valence-electron chi connectivity index (χ2n) is 5.34. The summed E-state index contributed by atoms with van der Waals surface area (Å²) in [7, 11) is 0. The van der Waals surface area contributed by atoms with E-state index in [0.29, 0.717) is 5.92 Å². The zero-order chi connectivity index (χ0) is 12.5. The predicted molar refractivity (Wildman–Crippen MR) is 69.9 cm³/mol. The van der Waals surface area contributed by atoms with E-state index in [0.717, 1.165) is 0 Å². The Morgan fingerprint density at radius 1 is 0.938 bits per heavy atom. The van der Waals surface area contributed by atoms with Crippen LogP contribution in [0.15, 0.2) is 12.1 Å². The highest BCUT2D eigenvalue weighted by atomic mass is 16.3. The molecule has 1 aromatic carbocycles. The van der Waals surface area contributed by atoms with Gasteiger partial charge in [-0.15, -0.1) is 0 Å². The quantitative estimate of drug-likeness (QED) is 0.823. The number of aliphatic hydroxyl groups is 1. The van der Waals surface area contributed by atoms with Gasteiger partial charge in [0.1, 0.15) is 0 Å². The summed E-state index contributed by atoms with van der Waals surface area (Å²) >= 11 is 0. The summed E-state index contributed by atoms with van der Waals surface area (Å²) in [6.07, 6.45) is -0.264. The maximum absolute atomic E-state index is 10.2. The van der Waals surface area contributed by atoms with E-state index in [1.165, 1.54) is 22.3 Å². The average Bonchev–Trinajstić information content (AvgIpc) is 2.14. The summed E-state index contributed by atoms with van der Waals surface area (Å²) in [4.78, 5) is 0. The van der Waals surface area contributed by atoms with E-state index in [9.17, 15) is 5.11 Å². The molecule has 0 heterocycles. The average molecular weight is 220 g/mol. The van der Waals surface area contributed by atoms with Crippen molar-refractivity contribution in [2.45, 2.75) is 53.6 Å². The van der Waals surface area contributed by atoms with Crippen molar-refractivity contribution in [1.29, 1.82) is 0 Å². The van der Waals surface area contributed by atoms with Gasteiger partial charge in [0.05, 0.1) is 6.10 Å². The standard InChI is InChI=1S/C15H24O/c1-9(2)15(16)13(6)14-11(4)7-10(3)8-12(14)5/h7-9,13,15-16H,1-6H3. The largest absolute Gasteiger partial charge is 0.392 e. The van der Waals surface area contributed by atoms with Crippen molar-refractivity contribution in [3.05, 3.63) is 34.4 Å². The van der Waals surface area contributed by atoms with Gasteiger partial charge in [-0.05, 0) is 43.4 Å². The van der Waals surface area contributed by atoms with Crippen LogP contribution in [0.1, 0.15) is 48.9 Å². The third-order valence-corrected chi connectivity index (χ3v) is 3.39. The number of aliphatic hydroxyl groups excluding tert-OH is 1. The van der Waals surface area contributed by atoms with Crippen molar-refractivity contribution in [3.63, 3.8) is 0 Å². The number of benzene rings is 1. The van der Waals surface area contributed by atoms with Crippen LogP contribution in [-0.2, 0) is 0 Å². The van der Waals surface area contributed by atoms with Gasteiger partial charge in [0.25, 0.3) is 0 Å². The molecule has 1 nitrogen and oxygen atoms in total. The molecule has 1 N–H and O–H groups in total. The topological polar surface area (TPSA) is 20.2 Å². The minimum absolute atomic E-state index is 0.209. The lowest BCUT2D eigenvalue weighted by Crippen LogP contribution is -2.23. The van der Waals surface area contributed by atoms with Gasteiger partial charge < -0.3 is 5.11 Å². The molecule has 16 heavy (non-hydrogen) atoms. The first-order valence-electron chi connectivity index (χ1n) is 6.10. The van der Waals surface area contributed by atoms with Gasteiger partial charge in [-0.2, -0.15) is 0 Å². The van der Waals surface area contributed by atoms with Gasteiger partial charge in [0.2, 0.25) is 0 Å². The minimum atomic E-state index is -0.264. The van der Waals surface area contributed by atoms with E-state index in [4.69, 9.17) is 0 Å². The number of rotatable bonds is 3. The Morgan fingerprint density at radius 2 is 1.38 bits per heavy atom. The van der Waals surface area contributed by atoms with Crippen molar-refractivity contribution in [2.75, 3.05) is 0 Å². The summed E-state index contributed by atoms with van der Waals surface area (Å²) in [5.74, 6) is 0.510. The molecule has 0 aromatic heterocycles. The van der Waals surface area contributed by atoms with Crippen LogP contribution < -0.4 is 0 Å². The molecule has 0 amide bonds. The molecule has 0 bridgehead atoms. The van der Waals surface area contributed by atoms with Crippen LogP contribution in [0.5, 0.6) is 0 Å². The minimum Gasteiger partial charge on any atom is -0.392 e. The fourth-order valence-electron chi connectivity index (χ4n) is 2.66. The van der Waals surface area contributed by atoms with E-state index in [1.807, 2.05) is 0 Å². The Hall–Kier alpha value is -0.820. The Balaban J connectivity index is 3.13. The highest BCUT2D eigenvalue weighted by Crippen LogP contribution is 2.29. The number of hydrogen-bond acceptors (Lipinski definition) is 1. The first kappa shape index (κ1) is 13.2. The molecular weight excluding hydrogens is 196 g/mol. The van der Waals surface area contributed by atoms with E-state index in [1.54, 1.807) is 0 Å².